The zero-order valence-electron chi connectivity index (χ0n) is 10.1. The molecule has 2 atom stereocenters. The van der Waals surface area contributed by atoms with Crippen molar-refractivity contribution >= 4 is 5.97 Å². The van der Waals surface area contributed by atoms with Crippen LogP contribution in [0.1, 0.15) is 40.5 Å². The van der Waals surface area contributed by atoms with Crippen molar-refractivity contribution < 1.29 is 15.0 Å². The molecule has 0 saturated heterocycles. The maximum absolute atomic E-state index is 10.4. The van der Waals surface area contributed by atoms with Gasteiger partial charge in [0.2, 0.25) is 0 Å². The molecule has 0 bridgehead atoms. The highest BCUT2D eigenvalue weighted by Crippen LogP contribution is 2.10. The van der Waals surface area contributed by atoms with E-state index in [0.29, 0.717) is 12.5 Å². The molecule has 0 spiro atoms. The Labute approximate surface area is 91.9 Å². The minimum absolute atomic E-state index is 0.0683. The van der Waals surface area contributed by atoms with E-state index in [-0.39, 0.29) is 12.5 Å². The second-order valence-corrected chi connectivity index (χ2v) is 4.31. The largest absolute Gasteiger partial charge is 0.481 e. The van der Waals surface area contributed by atoms with E-state index in [1.165, 1.54) is 0 Å². The molecule has 0 saturated carbocycles. The maximum atomic E-state index is 10.4. The van der Waals surface area contributed by atoms with Gasteiger partial charge in [0.05, 0.1) is 6.10 Å². The van der Waals surface area contributed by atoms with Crippen LogP contribution in [0.2, 0.25) is 0 Å². The highest BCUT2D eigenvalue weighted by atomic mass is 16.4. The fourth-order valence-corrected chi connectivity index (χ4v) is 1.62. The number of carboxylic acid groups (broad SMARTS) is 1. The van der Waals surface area contributed by atoms with Crippen LogP contribution in [0.3, 0.4) is 0 Å². The summed E-state index contributed by atoms with van der Waals surface area (Å²) in [5.41, 5.74) is 0. The molecule has 0 fully saturated rings. The van der Waals surface area contributed by atoms with Gasteiger partial charge in [-0.2, -0.15) is 0 Å². The molecule has 0 aliphatic heterocycles. The van der Waals surface area contributed by atoms with E-state index >= 15 is 0 Å². The van der Waals surface area contributed by atoms with Crippen LogP contribution in [0.5, 0.6) is 0 Å². The fraction of sp³-hybridized carbons (Fsp3) is 0.909. The van der Waals surface area contributed by atoms with E-state index in [4.69, 9.17) is 5.11 Å². The SMILES string of the molecule is CC(O)C(C)N(CCCC(=O)O)C(C)C. The molecule has 90 valence electrons. The lowest BCUT2D eigenvalue weighted by Gasteiger charge is -2.34. The monoisotopic (exact) mass is 217 g/mol. The first kappa shape index (κ1) is 14.4. The first-order chi connectivity index (χ1) is 6.86. The number of aliphatic hydroxyl groups is 1. The number of carboxylic acids is 1. The third kappa shape index (κ3) is 5.74. The molecular weight excluding hydrogens is 194 g/mol. The number of aliphatic hydroxyl groups excluding tert-OH is 1. The summed E-state index contributed by atoms with van der Waals surface area (Å²) < 4.78 is 0. The lowest BCUT2D eigenvalue weighted by molar-refractivity contribution is -0.137. The molecular formula is C11H23NO3. The highest BCUT2D eigenvalue weighted by molar-refractivity contribution is 5.66. The summed E-state index contributed by atoms with van der Waals surface area (Å²) >= 11 is 0. The Hall–Kier alpha value is -0.610. The average molecular weight is 217 g/mol. The quantitative estimate of drug-likeness (QED) is 0.675. The maximum Gasteiger partial charge on any atom is 0.303 e. The van der Waals surface area contributed by atoms with Gasteiger partial charge in [0.15, 0.2) is 0 Å². The van der Waals surface area contributed by atoms with Gasteiger partial charge in [-0.15, -0.1) is 0 Å². The molecule has 4 nitrogen and oxygen atoms in total. The van der Waals surface area contributed by atoms with Crippen molar-refractivity contribution in [3.05, 3.63) is 0 Å². The van der Waals surface area contributed by atoms with Crippen LogP contribution in [0.4, 0.5) is 0 Å². The number of hydrogen-bond acceptors (Lipinski definition) is 3. The Morgan fingerprint density at radius 2 is 1.80 bits per heavy atom. The third-order valence-electron chi connectivity index (χ3n) is 2.69. The van der Waals surface area contributed by atoms with Gasteiger partial charge in [-0.1, -0.05) is 0 Å². The van der Waals surface area contributed by atoms with Crippen molar-refractivity contribution in [2.45, 2.75) is 58.7 Å². The highest BCUT2D eigenvalue weighted by Gasteiger charge is 2.20. The molecule has 0 aromatic rings. The lowest BCUT2D eigenvalue weighted by atomic mass is 10.1. The Morgan fingerprint density at radius 3 is 2.13 bits per heavy atom. The number of hydrogen-bond donors (Lipinski definition) is 2. The molecule has 15 heavy (non-hydrogen) atoms. The smallest absolute Gasteiger partial charge is 0.303 e. The fourth-order valence-electron chi connectivity index (χ4n) is 1.62. The Bertz CT molecular complexity index is 192. The standard InChI is InChI=1S/C11H23NO3/c1-8(2)12(9(3)10(4)13)7-5-6-11(14)15/h8-10,13H,5-7H2,1-4H3,(H,14,15). The predicted molar refractivity (Wildman–Crippen MR) is 59.9 cm³/mol. The van der Waals surface area contributed by atoms with Gasteiger partial charge in [0.25, 0.3) is 0 Å². The zero-order valence-corrected chi connectivity index (χ0v) is 10.1. The summed E-state index contributed by atoms with van der Waals surface area (Å²) in [6.45, 7) is 8.55. The summed E-state index contributed by atoms with van der Waals surface area (Å²) in [7, 11) is 0. The van der Waals surface area contributed by atoms with Crippen molar-refractivity contribution in [1.82, 2.24) is 4.90 Å². The summed E-state index contributed by atoms with van der Waals surface area (Å²) in [5, 5.41) is 18.0. The van der Waals surface area contributed by atoms with Crippen molar-refractivity contribution in [2.24, 2.45) is 0 Å². The Balaban J connectivity index is 4.10. The molecule has 2 unspecified atom stereocenters. The average Bonchev–Trinajstić information content (AvgIpc) is 2.10. The van der Waals surface area contributed by atoms with Gasteiger partial charge < -0.3 is 10.2 Å². The van der Waals surface area contributed by atoms with Crippen molar-refractivity contribution in [2.75, 3.05) is 6.54 Å². The molecule has 0 aromatic heterocycles. The van der Waals surface area contributed by atoms with Gasteiger partial charge in [-0.3, -0.25) is 9.69 Å². The molecule has 0 aromatic carbocycles. The molecule has 0 heterocycles. The van der Waals surface area contributed by atoms with E-state index < -0.39 is 12.1 Å². The number of carbonyl (C=O) groups is 1. The Kier molecular flexibility index (Phi) is 6.52. The van der Waals surface area contributed by atoms with Gasteiger partial charge in [0.1, 0.15) is 0 Å². The molecule has 0 aliphatic rings. The zero-order chi connectivity index (χ0) is 12.0. The molecule has 0 amide bonds. The lowest BCUT2D eigenvalue weighted by Crippen LogP contribution is -2.45. The predicted octanol–water partition coefficient (Wildman–Crippen LogP) is 1.33. The van der Waals surface area contributed by atoms with Crippen LogP contribution in [-0.2, 0) is 4.79 Å². The first-order valence-corrected chi connectivity index (χ1v) is 5.51. The molecule has 0 rings (SSSR count). The summed E-state index contributed by atoms with van der Waals surface area (Å²) in [5.74, 6) is -0.761. The molecule has 2 N–H and O–H groups in total. The second kappa shape index (κ2) is 6.80. The van der Waals surface area contributed by atoms with Crippen LogP contribution in [0.25, 0.3) is 0 Å². The van der Waals surface area contributed by atoms with Gasteiger partial charge >= 0.3 is 5.97 Å². The number of rotatable bonds is 7. The van der Waals surface area contributed by atoms with Crippen molar-refractivity contribution in [3.63, 3.8) is 0 Å². The first-order valence-electron chi connectivity index (χ1n) is 5.51. The van der Waals surface area contributed by atoms with Crippen molar-refractivity contribution in [3.8, 4) is 0 Å². The second-order valence-electron chi connectivity index (χ2n) is 4.31. The summed E-state index contributed by atoms with van der Waals surface area (Å²) in [6.07, 6.45) is 0.428. The summed E-state index contributed by atoms with van der Waals surface area (Å²) in [6, 6.07) is 0.391. The van der Waals surface area contributed by atoms with E-state index in [1.807, 2.05) is 6.92 Å². The molecule has 0 aliphatic carbocycles. The summed E-state index contributed by atoms with van der Waals surface area (Å²) in [4.78, 5) is 12.5. The van der Waals surface area contributed by atoms with Crippen LogP contribution in [0, 0.1) is 0 Å². The van der Waals surface area contributed by atoms with Gasteiger partial charge in [-0.25, -0.2) is 0 Å². The van der Waals surface area contributed by atoms with Gasteiger partial charge in [0, 0.05) is 18.5 Å². The van der Waals surface area contributed by atoms with Crippen LogP contribution in [-0.4, -0.2) is 45.8 Å². The Morgan fingerprint density at radius 1 is 1.27 bits per heavy atom. The van der Waals surface area contributed by atoms with E-state index in [2.05, 4.69) is 18.7 Å². The molecule has 0 radical (unpaired) electrons. The van der Waals surface area contributed by atoms with Gasteiger partial charge in [-0.05, 0) is 40.7 Å². The molecule has 4 heteroatoms. The number of aliphatic carboxylic acids is 1. The minimum Gasteiger partial charge on any atom is -0.481 e. The van der Waals surface area contributed by atoms with E-state index in [1.54, 1.807) is 6.92 Å². The normalized spacial score (nSPS) is 15.7. The van der Waals surface area contributed by atoms with Crippen molar-refractivity contribution in [1.29, 1.82) is 0 Å². The van der Waals surface area contributed by atoms with Crippen LogP contribution < -0.4 is 0 Å². The van der Waals surface area contributed by atoms with E-state index in [9.17, 15) is 9.90 Å². The van der Waals surface area contributed by atoms with Crippen LogP contribution in [0.15, 0.2) is 0 Å². The number of nitrogens with zero attached hydrogens (tertiary/aromatic N) is 1. The third-order valence-corrected chi connectivity index (χ3v) is 2.69. The van der Waals surface area contributed by atoms with E-state index in [0.717, 1.165) is 6.54 Å². The topological polar surface area (TPSA) is 60.8 Å². The minimum atomic E-state index is -0.761. The van der Waals surface area contributed by atoms with Crippen LogP contribution >= 0.6 is 0 Å².